The molecule has 0 spiro atoms. The topological polar surface area (TPSA) is 45.7 Å². The van der Waals surface area contributed by atoms with Gasteiger partial charge in [0, 0.05) is 24.2 Å². The molecule has 0 saturated carbocycles. The predicted octanol–water partition coefficient (Wildman–Crippen LogP) is 3.10. The number of hydrogen-bond donors (Lipinski definition) is 0. The van der Waals surface area contributed by atoms with Crippen LogP contribution >= 0.6 is 0 Å². The van der Waals surface area contributed by atoms with Gasteiger partial charge in [-0.15, -0.1) is 0 Å². The first-order valence-electron chi connectivity index (χ1n) is 10.3. The van der Waals surface area contributed by atoms with Crippen LogP contribution in [0, 0.1) is 12.8 Å². The molecule has 2 aromatic rings. The van der Waals surface area contributed by atoms with Crippen molar-refractivity contribution in [2.75, 3.05) is 26.7 Å². The lowest BCUT2D eigenvalue weighted by Gasteiger charge is -2.51. The zero-order valence-electron chi connectivity index (χ0n) is 16.5. The van der Waals surface area contributed by atoms with E-state index in [9.17, 15) is 4.79 Å². The number of piperidine rings is 3. The first kappa shape index (κ1) is 17.7. The van der Waals surface area contributed by atoms with E-state index in [1.54, 1.807) is 7.11 Å². The third-order valence-corrected chi connectivity index (χ3v) is 6.88. The Labute approximate surface area is 166 Å². The molecule has 4 saturated heterocycles. The number of nitrogens with zero attached hydrogens (tertiary/aromatic N) is 3. The van der Waals surface area contributed by atoms with Crippen molar-refractivity contribution in [2.24, 2.45) is 5.92 Å². The number of amides is 1. The predicted molar refractivity (Wildman–Crippen MR) is 108 cm³/mol. The highest BCUT2D eigenvalue weighted by Crippen LogP contribution is 2.47. The summed E-state index contributed by atoms with van der Waals surface area (Å²) in [5.74, 6) is 1.88. The minimum atomic E-state index is 0.0813. The quantitative estimate of drug-likeness (QED) is 0.825. The average molecular weight is 377 g/mol. The Morgan fingerprint density at radius 3 is 2.64 bits per heavy atom. The fraction of sp³-hybridized carbons (Fsp3) is 0.478. The highest BCUT2D eigenvalue weighted by Gasteiger charge is 2.54. The van der Waals surface area contributed by atoms with Gasteiger partial charge in [-0.1, -0.05) is 18.2 Å². The molecule has 5 heteroatoms. The lowest BCUT2D eigenvalue weighted by molar-refractivity contribution is -0.00359. The monoisotopic (exact) mass is 377 g/mol. The summed E-state index contributed by atoms with van der Waals surface area (Å²) in [6.07, 6.45) is 2.38. The van der Waals surface area contributed by atoms with Crippen molar-refractivity contribution in [1.82, 2.24) is 14.8 Å². The van der Waals surface area contributed by atoms with E-state index in [1.807, 2.05) is 31.2 Å². The summed E-state index contributed by atoms with van der Waals surface area (Å²) in [6.45, 7) is 4.99. The van der Waals surface area contributed by atoms with Crippen LogP contribution in [0.3, 0.4) is 0 Å². The van der Waals surface area contributed by atoms with Gasteiger partial charge >= 0.3 is 0 Å². The van der Waals surface area contributed by atoms with Crippen molar-refractivity contribution in [2.45, 2.75) is 37.8 Å². The highest BCUT2D eigenvalue weighted by molar-refractivity contribution is 5.93. The number of ether oxygens (including phenoxy) is 1. The van der Waals surface area contributed by atoms with Crippen LogP contribution in [0.25, 0.3) is 0 Å². The average Bonchev–Trinajstić information content (AvgIpc) is 3.17. The third-order valence-electron chi connectivity index (χ3n) is 6.88. The van der Waals surface area contributed by atoms with Crippen LogP contribution in [0.5, 0.6) is 5.75 Å². The third kappa shape index (κ3) is 2.80. The molecule has 1 aromatic carbocycles. The maximum absolute atomic E-state index is 13.5. The van der Waals surface area contributed by atoms with Crippen molar-refractivity contribution in [3.8, 4) is 5.75 Å². The van der Waals surface area contributed by atoms with Gasteiger partial charge < -0.3 is 9.64 Å². The molecule has 1 amide bonds. The van der Waals surface area contributed by atoms with Gasteiger partial charge in [0.1, 0.15) is 11.4 Å². The number of pyridine rings is 1. The molecule has 4 aliphatic rings. The normalized spacial score (nSPS) is 30.9. The van der Waals surface area contributed by atoms with Crippen LogP contribution in [-0.4, -0.2) is 59.5 Å². The second kappa shape index (κ2) is 6.89. The van der Waals surface area contributed by atoms with Gasteiger partial charge in [-0.3, -0.25) is 9.69 Å². The molecule has 28 heavy (non-hydrogen) atoms. The Hall–Kier alpha value is -2.40. The van der Waals surface area contributed by atoms with Crippen LogP contribution in [0.1, 0.15) is 40.5 Å². The van der Waals surface area contributed by atoms with Crippen LogP contribution in [0.4, 0.5) is 0 Å². The van der Waals surface area contributed by atoms with E-state index in [0.717, 1.165) is 31.1 Å². The van der Waals surface area contributed by atoms with Crippen molar-refractivity contribution in [1.29, 1.82) is 0 Å². The second-order valence-corrected chi connectivity index (χ2v) is 8.36. The number of likely N-dealkylation sites (tertiary alicyclic amines) is 1. The molecule has 0 aliphatic carbocycles. The van der Waals surface area contributed by atoms with Crippen LogP contribution in [0.15, 0.2) is 42.5 Å². The Balaban J connectivity index is 1.53. The Kier molecular flexibility index (Phi) is 4.35. The maximum Gasteiger partial charge on any atom is 0.272 e. The Morgan fingerprint density at radius 2 is 1.89 bits per heavy atom. The van der Waals surface area contributed by atoms with E-state index in [-0.39, 0.29) is 11.9 Å². The van der Waals surface area contributed by atoms with Crippen molar-refractivity contribution in [3.63, 3.8) is 0 Å². The molecule has 146 valence electrons. The number of methoxy groups -OCH3 is 1. The zero-order valence-corrected chi connectivity index (χ0v) is 16.5. The molecule has 0 radical (unpaired) electrons. The van der Waals surface area contributed by atoms with E-state index >= 15 is 0 Å². The highest BCUT2D eigenvalue weighted by atomic mass is 16.5. The standard InChI is InChI=1S/C23H27N3O2/c1-15-5-3-8-20(24-15)23(27)26-14-19(17-6-4-7-18(13-17)28-2)22-21(26)16-9-11-25(22)12-10-16/h3-8,13,16,19,21-22H,9-12,14H2,1-2H3/t19-,21+,22+/m0/s1. The summed E-state index contributed by atoms with van der Waals surface area (Å²) >= 11 is 0. The summed E-state index contributed by atoms with van der Waals surface area (Å²) in [7, 11) is 1.71. The van der Waals surface area contributed by atoms with Gasteiger partial charge in [0.2, 0.25) is 0 Å². The van der Waals surface area contributed by atoms with Crippen molar-refractivity contribution < 1.29 is 9.53 Å². The number of benzene rings is 1. The molecular formula is C23H27N3O2. The summed E-state index contributed by atoms with van der Waals surface area (Å²) < 4.78 is 5.47. The molecule has 2 bridgehead atoms. The summed E-state index contributed by atoms with van der Waals surface area (Å²) in [5, 5.41) is 0. The molecule has 5 heterocycles. The molecule has 1 aromatic heterocycles. The zero-order chi connectivity index (χ0) is 19.3. The lowest BCUT2D eigenvalue weighted by atomic mass is 9.75. The number of fused-ring (bicyclic) bond motifs is 2. The van der Waals surface area contributed by atoms with Gasteiger partial charge in [0.25, 0.3) is 5.91 Å². The number of aromatic nitrogens is 1. The van der Waals surface area contributed by atoms with Gasteiger partial charge in [-0.25, -0.2) is 4.98 Å². The molecule has 0 unspecified atom stereocenters. The van der Waals surface area contributed by atoms with Crippen molar-refractivity contribution >= 4 is 5.91 Å². The van der Waals surface area contributed by atoms with Gasteiger partial charge in [0.05, 0.1) is 13.2 Å². The molecule has 4 aliphatic heterocycles. The van der Waals surface area contributed by atoms with E-state index in [4.69, 9.17) is 4.74 Å². The summed E-state index contributed by atoms with van der Waals surface area (Å²) in [4.78, 5) is 22.7. The Morgan fingerprint density at radius 1 is 1.11 bits per heavy atom. The number of carbonyl (C=O) groups is 1. The van der Waals surface area contributed by atoms with Gasteiger partial charge in [-0.05, 0) is 68.6 Å². The fourth-order valence-electron chi connectivity index (χ4n) is 5.63. The molecule has 4 fully saturated rings. The summed E-state index contributed by atoms with van der Waals surface area (Å²) in [6, 6.07) is 14.8. The fourth-order valence-corrected chi connectivity index (χ4v) is 5.63. The number of aryl methyl sites for hydroxylation is 1. The van der Waals surface area contributed by atoms with E-state index in [2.05, 4.69) is 33.0 Å². The minimum absolute atomic E-state index is 0.0813. The van der Waals surface area contributed by atoms with E-state index in [1.165, 1.54) is 18.4 Å². The number of rotatable bonds is 3. The minimum Gasteiger partial charge on any atom is -0.497 e. The second-order valence-electron chi connectivity index (χ2n) is 8.36. The maximum atomic E-state index is 13.5. The number of carbonyl (C=O) groups excluding carboxylic acids is 1. The molecule has 6 rings (SSSR count). The van der Waals surface area contributed by atoms with Crippen LogP contribution in [0.2, 0.25) is 0 Å². The van der Waals surface area contributed by atoms with E-state index < -0.39 is 0 Å². The smallest absolute Gasteiger partial charge is 0.272 e. The van der Waals surface area contributed by atoms with Gasteiger partial charge in [0.15, 0.2) is 0 Å². The lowest BCUT2D eigenvalue weighted by Crippen LogP contribution is -2.60. The summed E-state index contributed by atoms with van der Waals surface area (Å²) in [5.41, 5.74) is 2.73. The molecule has 3 atom stereocenters. The molecular weight excluding hydrogens is 350 g/mol. The first-order chi connectivity index (χ1) is 13.7. The SMILES string of the molecule is COc1cccc([C@@H]2CN(C(=O)c3cccc(C)n3)[C@@H]3C4CCN(CC4)[C@@H]32)c1. The van der Waals surface area contributed by atoms with Crippen molar-refractivity contribution in [3.05, 3.63) is 59.4 Å². The first-order valence-corrected chi connectivity index (χ1v) is 10.3. The molecule has 0 N–H and O–H groups in total. The van der Waals surface area contributed by atoms with Crippen LogP contribution < -0.4 is 4.74 Å². The van der Waals surface area contributed by atoms with Gasteiger partial charge in [-0.2, -0.15) is 0 Å². The Bertz CT molecular complexity index is 891. The largest absolute Gasteiger partial charge is 0.497 e. The van der Waals surface area contributed by atoms with E-state index in [0.29, 0.717) is 23.6 Å². The number of hydrogen-bond acceptors (Lipinski definition) is 4. The molecule has 5 nitrogen and oxygen atoms in total. The van der Waals surface area contributed by atoms with Crippen LogP contribution in [-0.2, 0) is 0 Å².